The number of carboxylic acid groups (broad SMARTS) is 1. The van der Waals surface area contributed by atoms with Gasteiger partial charge < -0.3 is 20.4 Å². The average molecular weight is 547 g/mol. The van der Waals surface area contributed by atoms with E-state index in [1.165, 1.54) is 5.57 Å². The van der Waals surface area contributed by atoms with E-state index in [0.717, 1.165) is 56.2 Å². The number of terminal acetylenes is 1. The van der Waals surface area contributed by atoms with Crippen LogP contribution < -0.4 is 5.32 Å². The number of hydrogen-bond donors (Lipinski definition) is 3. The van der Waals surface area contributed by atoms with Crippen LogP contribution in [0.3, 0.4) is 0 Å². The lowest BCUT2D eigenvalue weighted by Crippen LogP contribution is -2.54. The third-order valence-corrected chi connectivity index (χ3v) is 11.0. The molecule has 1 aromatic carbocycles. The van der Waals surface area contributed by atoms with Gasteiger partial charge in [-0.2, -0.15) is 0 Å². The molecule has 4 aliphatic carbocycles. The highest BCUT2D eigenvalue weighted by Gasteiger charge is 2.63. The van der Waals surface area contributed by atoms with E-state index in [-0.39, 0.29) is 42.2 Å². The summed E-state index contributed by atoms with van der Waals surface area (Å²) in [6.45, 7) is 4.65. The Bertz CT molecular complexity index is 1230. The van der Waals surface area contributed by atoms with Gasteiger partial charge in [-0.05, 0) is 86.2 Å². The van der Waals surface area contributed by atoms with Gasteiger partial charge >= 0.3 is 5.97 Å². The van der Waals surface area contributed by atoms with Crippen LogP contribution in [0.4, 0.5) is 0 Å². The van der Waals surface area contributed by atoms with Crippen LogP contribution in [0, 0.1) is 40.9 Å². The number of rotatable bonds is 8. The first-order chi connectivity index (χ1) is 19.1. The molecule has 1 amide bonds. The number of nitrogens with one attached hydrogen (secondary N) is 1. The molecule has 0 radical (unpaired) electrons. The van der Waals surface area contributed by atoms with Crippen molar-refractivity contribution < 1.29 is 24.6 Å². The monoisotopic (exact) mass is 546 g/mol. The Hall–Kier alpha value is -3.11. The van der Waals surface area contributed by atoms with Gasteiger partial charge in [0.05, 0.1) is 12.1 Å². The molecule has 7 atom stereocenters. The van der Waals surface area contributed by atoms with Crippen LogP contribution in [-0.2, 0) is 14.4 Å². The number of carbonyl (C=O) groups excluding carboxylic acids is 1. The molecule has 214 valence electrons. The number of carboxylic acids is 1. The Morgan fingerprint density at radius 2 is 1.88 bits per heavy atom. The van der Waals surface area contributed by atoms with Gasteiger partial charge in [0.15, 0.2) is 6.61 Å². The number of fused-ring (bicyclic) bond motifs is 5. The molecule has 7 heteroatoms. The van der Waals surface area contributed by atoms with Gasteiger partial charge in [0.2, 0.25) is 0 Å². The largest absolute Gasteiger partial charge is 0.481 e. The molecule has 7 nitrogen and oxygen atoms in total. The second-order valence-corrected chi connectivity index (χ2v) is 12.9. The molecule has 0 aliphatic heterocycles. The molecule has 0 spiro atoms. The number of oxime groups is 1. The number of aliphatic carboxylic acids is 1. The number of hydrogen-bond acceptors (Lipinski definition) is 5. The Balaban J connectivity index is 1.17. The number of allylic oxidation sites excluding steroid dienone is 2. The van der Waals surface area contributed by atoms with Crippen molar-refractivity contribution in [2.24, 2.45) is 33.7 Å². The van der Waals surface area contributed by atoms with Gasteiger partial charge in [-0.1, -0.05) is 60.8 Å². The van der Waals surface area contributed by atoms with Crippen molar-refractivity contribution in [1.29, 1.82) is 0 Å². The van der Waals surface area contributed by atoms with Gasteiger partial charge in [0.1, 0.15) is 5.60 Å². The van der Waals surface area contributed by atoms with E-state index in [1.54, 1.807) is 0 Å². The Morgan fingerprint density at radius 1 is 1.12 bits per heavy atom. The lowest BCUT2D eigenvalue weighted by Gasteiger charge is -2.58. The summed E-state index contributed by atoms with van der Waals surface area (Å²) >= 11 is 0. The summed E-state index contributed by atoms with van der Waals surface area (Å²) in [6.07, 6.45) is 15.7. The first-order valence-corrected chi connectivity index (χ1v) is 14.7. The van der Waals surface area contributed by atoms with E-state index < -0.39 is 11.6 Å². The van der Waals surface area contributed by atoms with Gasteiger partial charge in [-0.3, -0.25) is 9.59 Å². The van der Waals surface area contributed by atoms with Gasteiger partial charge in [-0.15, -0.1) is 6.42 Å². The Morgan fingerprint density at radius 3 is 2.60 bits per heavy atom. The van der Waals surface area contributed by atoms with E-state index in [9.17, 15) is 19.8 Å². The molecular weight excluding hydrogens is 504 g/mol. The highest BCUT2D eigenvalue weighted by molar-refractivity contribution is 5.96. The van der Waals surface area contributed by atoms with E-state index in [0.29, 0.717) is 24.2 Å². The minimum Gasteiger partial charge on any atom is -0.481 e. The van der Waals surface area contributed by atoms with Crippen molar-refractivity contribution in [3.05, 3.63) is 47.5 Å². The van der Waals surface area contributed by atoms with Gasteiger partial charge in [-0.25, -0.2) is 0 Å². The van der Waals surface area contributed by atoms with E-state index in [1.807, 2.05) is 30.3 Å². The second kappa shape index (κ2) is 11.0. The number of aliphatic hydroxyl groups is 1. The SMILES string of the molecule is C#C[C@@]1(O)CCC2C3CCC4=C/C(=N\OCC(=O)NCC(CC(=O)O)c5ccccc5)CC[C@]4(C)C3CC[C@@]21C. The lowest BCUT2D eigenvalue weighted by atomic mass is 9.46. The minimum absolute atomic E-state index is 0.0631. The predicted molar refractivity (Wildman–Crippen MR) is 153 cm³/mol. The maximum Gasteiger partial charge on any atom is 0.304 e. The van der Waals surface area contributed by atoms with Gasteiger partial charge in [0, 0.05) is 17.9 Å². The zero-order valence-corrected chi connectivity index (χ0v) is 23.7. The van der Waals surface area contributed by atoms with Crippen LogP contribution in [-0.4, -0.2) is 46.6 Å². The summed E-state index contributed by atoms with van der Waals surface area (Å²) in [5.74, 6) is 2.87. The summed E-state index contributed by atoms with van der Waals surface area (Å²) in [6, 6.07) is 9.34. The van der Waals surface area contributed by atoms with E-state index in [4.69, 9.17) is 11.3 Å². The molecule has 0 aromatic heterocycles. The molecule has 3 fully saturated rings. The fourth-order valence-electron chi connectivity index (χ4n) is 8.60. The lowest BCUT2D eigenvalue weighted by molar-refractivity contribution is -0.137. The van der Waals surface area contributed by atoms with Gasteiger partial charge in [0.25, 0.3) is 5.91 Å². The second-order valence-electron chi connectivity index (χ2n) is 12.9. The smallest absolute Gasteiger partial charge is 0.304 e. The molecule has 4 aliphatic rings. The Kier molecular flexibility index (Phi) is 7.85. The highest BCUT2D eigenvalue weighted by Crippen LogP contribution is 2.67. The molecule has 1 aromatic rings. The molecule has 0 saturated heterocycles. The minimum atomic E-state index is -0.978. The molecule has 5 rings (SSSR count). The normalized spacial score (nSPS) is 36.3. The fraction of sp³-hybridized carbons (Fsp3) is 0.606. The highest BCUT2D eigenvalue weighted by atomic mass is 16.6. The molecule has 4 unspecified atom stereocenters. The standard InChI is InChI=1S/C33H42N2O5/c1-4-33(39)17-14-28-26-11-10-24-19-25(12-15-31(24,2)27(26)13-16-32(28,33)3)35-40-21-29(36)34-20-23(18-30(37)38)22-8-6-5-7-9-22/h1,5-9,19,23,26-28,39H,10-18,20-21H2,2-3H3,(H,34,36)(H,37,38)/b35-25-/t23?,26?,27?,28?,31-,32-,33+/m0/s1. The fourth-order valence-corrected chi connectivity index (χ4v) is 8.60. The van der Waals surface area contributed by atoms with Crippen LogP contribution in [0.5, 0.6) is 0 Å². The van der Waals surface area contributed by atoms with E-state index >= 15 is 0 Å². The molecular formula is C33H42N2O5. The van der Waals surface area contributed by atoms with Crippen LogP contribution >= 0.6 is 0 Å². The molecule has 3 N–H and O–H groups in total. The maximum absolute atomic E-state index is 12.4. The maximum atomic E-state index is 12.4. The van der Waals surface area contributed by atoms with Crippen molar-refractivity contribution in [2.45, 2.75) is 83.2 Å². The summed E-state index contributed by atoms with van der Waals surface area (Å²) in [4.78, 5) is 29.2. The number of carbonyl (C=O) groups is 2. The third kappa shape index (κ3) is 5.07. The number of benzene rings is 1. The van der Waals surface area contributed by atoms with Crippen LogP contribution in [0.25, 0.3) is 0 Å². The van der Waals surface area contributed by atoms with Crippen LogP contribution in [0.1, 0.15) is 83.1 Å². The number of amides is 1. The quantitative estimate of drug-likeness (QED) is 0.312. The first kappa shape index (κ1) is 28.4. The third-order valence-electron chi connectivity index (χ3n) is 11.0. The molecule has 0 bridgehead atoms. The summed E-state index contributed by atoms with van der Waals surface area (Å²) in [5.41, 5.74) is 2.13. The summed E-state index contributed by atoms with van der Waals surface area (Å²) in [5, 5.41) is 27.6. The summed E-state index contributed by atoms with van der Waals surface area (Å²) < 4.78 is 0. The Labute approximate surface area is 237 Å². The topological polar surface area (TPSA) is 108 Å². The van der Waals surface area contributed by atoms with Crippen molar-refractivity contribution in [1.82, 2.24) is 5.32 Å². The first-order valence-electron chi connectivity index (χ1n) is 14.7. The molecule has 0 heterocycles. The zero-order chi connectivity index (χ0) is 28.5. The summed E-state index contributed by atoms with van der Waals surface area (Å²) in [7, 11) is 0. The molecule has 40 heavy (non-hydrogen) atoms. The predicted octanol–water partition coefficient (Wildman–Crippen LogP) is 5.06. The average Bonchev–Trinajstić information content (AvgIpc) is 3.22. The van der Waals surface area contributed by atoms with Crippen molar-refractivity contribution in [3.8, 4) is 12.3 Å². The van der Waals surface area contributed by atoms with Crippen LogP contribution in [0.15, 0.2) is 47.1 Å². The van der Waals surface area contributed by atoms with E-state index in [2.05, 4.69) is 36.3 Å². The van der Waals surface area contributed by atoms with Crippen molar-refractivity contribution in [3.63, 3.8) is 0 Å². The molecule has 3 saturated carbocycles. The zero-order valence-electron chi connectivity index (χ0n) is 23.7. The number of nitrogens with zero attached hydrogens (tertiary/aromatic N) is 1. The van der Waals surface area contributed by atoms with Crippen molar-refractivity contribution in [2.75, 3.05) is 13.2 Å². The van der Waals surface area contributed by atoms with Crippen molar-refractivity contribution >= 4 is 17.6 Å². The van der Waals surface area contributed by atoms with Crippen LogP contribution in [0.2, 0.25) is 0 Å².